The van der Waals surface area contributed by atoms with E-state index in [1.165, 1.54) is 35.3 Å². The number of hydrogen-bond acceptors (Lipinski definition) is 6. The molecule has 166 valence electrons. The molecule has 6 nitrogen and oxygen atoms in total. The van der Waals surface area contributed by atoms with Crippen LogP contribution in [-0.2, 0) is 19.4 Å². The summed E-state index contributed by atoms with van der Waals surface area (Å²) in [5.74, 6) is -0.360. The fourth-order valence-electron chi connectivity index (χ4n) is 3.63. The van der Waals surface area contributed by atoms with Crippen molar-refractivity contribution in [1.29, 1.82) is 0 Å². The minimum absolute atomic E-state index is 0.128. The molecule has 3 aromatic rings. The number of rotatable bonds is 9. The number of benzene rings is 1. The van der Waals surface area contributed by atoms with Crippen LogP contribution in [0.5, 0.6) is 5.75 Å². The van der Waals surface area contributed by atoms with Gasteiger partial charge in [-0.3, -0.25) is 9.97 Å². The highest BCUT2D eigenvalue weighted by Crippen LogP contribution is 2.40. The summed E-state index contributed by atoms with van der Waals surface area (Å²) in [6.07, 6.45) is 6.82. The summed E-state index contributed by atoms with van der Waals surface area (Å²) in [7, 11) is 0. The van der Waals surface area contributed by atoms with Gasteiger partial charge in [0, 0.05) is 23.5 Å². The molecule has 0 bridgehead atoms. The Balaban J connectivity index is 1.62. The lowest BCUT2D eigenvalue weighted by atomic mass is 10.1. The number of aromatic carboxylic acids is 1. The minimum Gasteiger partial charge on any atom is -0.485 e. The molecule has 0 saturated heterocycles. The van der Waals surface area contributed by atoms with Crippen LogP contribution in [0.2, 0.25) is 0 Å². The summed E-state index contributed by atoms with van der Waals surface area (Å²) in [6.45, 7) is 1.92. The number of fused-ring (bicyclic) bond motifs is 1. The van der Waals surface area contributed by atoms with Gasteiger partial charge >= 0.3 is 5.97 Å². The Morgan fingerprint density at radius 2 is 2.06 bits per heavy atom. The van der Waals surface area contributed by atoms with Crippen molar-refractivity contribution in [3.8, 4) is 5.75 Å². The van der Waals surface area contributed by atoms with Crippen LogP contribution in [0.15, 0.2) is 59.9 Å². The molecule has 2 aromatic heterocycles. The van der Waals surface area contributed by atoms with Crippen LogP contribution in [0.25, 0.3) is 0 Å². The molecule has 2 heterocycles. The molecule has 0 unspecified atom stereocenters. The number of hydrogen-bond donors (Lipinski definition) is 1. The third-order valence-electron chi connectivity index (χ3n) is 5.16. The van der Waals surface area contributed by atoms with Crippen molar-refractivity contribution in [3.63, 3.8) is 0 Å². The summed E-state index contributed by atoms with van der Waals surface area (Å²) < 4.78 is 22.2. The molecule has 1 N–H and O–H groups in total. The van der Waals surface area contributed by atoms with Crippen molar-refractivity contribution in [2.24, 2.45) is 0 Å². The van der Waals surface area contributed by atoms with Crippen LogP contribution in [0, 0.1) is 0 Å². The zero-order valence-electron chi connectivity index (χ0n) is 17.7. The molecule has 0 fully saturated rings. The molecule has 1 aromatic carbocycles. The van der Waals surface area contributed by atoms with E-state index in [1.807, 2.05) is 22.5 Å². The Kier molecular flexibility index (Phi) is 6.90. The van der Waals surface area contributed by atoms with Crippen LogP contribution in [0.1, 0.15) is 40.5 Å². The lowest BCUT2D eigenvalue weighted by Gasteiger charge is -2.27. The number of pyridine rings is 2. The number of carboxylic acids is 1. The number of nitrogens with zero attached hydrogens (tertiary/aromatic N) is 3. The predicted molar refractivity (Wildman–Crippen MR) is 122 cm³/mol. The average Bonchev–Trinajstić information content (AvgIpc) is 3.25. The Bertz CT molecular complexity index is 1080. The third kappa shape index (κ3) is 5.37. The second-order valence-electron chi connectivity index (χ2n) is 7.70. The highest BCUT2D eigenvalue weighted by atomic mass is 32.2. The quantitative estimate of drug-likeness (QED) is 0.451. The van der Waals surface area contributed by atoms with Crippen molar-refractivity contribution in [1.82, 2.24) is 9.97 Å². The van der Waals surface area contributed by atoms with Crippen molar-refractivity contribution in [2.45, 2.75) is 43.9 Å². The van der Waals surface area contributed by atoms with E-state index in [1.54, 1.807) is 25.4 Å². The van der Waals surface area contributed by atoms with E-state index >= 15 is 0 Å². The highest BCUT2D eigenvalue weighted by molar-refractivity contribution is 8.00. The maximum absolute atomic E-state index is 14.1. The Morgan fingerprint density at radius 1 is 1.25 bits per heavy atom. The van der Waals surface area contributed by atoms with Gasteiger partial charge in [0.2, 0.25) is 0 Å². The summed E-state index contributed by atoms with van der Waals surface area (Å²) in [6, 6.07) is 11.1. The second-order valence-corrected chi connectivity index (χ2v) is 8.79. The van der Waals surface area contributed by atoms with Gasteiger partial charge in [-0.1, -0.05) is 0 Å². The molecule has 8 heteroatoms. The summed E-state index contributed by atoms with van der Waals surface area (Å²) in [5.41, 5.74) is 4.07. The van der Waals surface area contributed by atoms with E-state index in [2.05, 4.69) is 16.0 Å². The van der Waals surface area contributed by atoms with Crippen molar-refractivity contribution in [2.75, 3.05) is 10.8 Å². The molecule has 0 aliphatic heterocycles. The first-order valence-electron chi connectivity index (χ1n) is 10.5. The second kappa shape index (κ2) is 9.99. The average molecular weight is 454 g/mol. The lowest BCUT2D eigenvalue weighted by molar-refractivity contribution is 0.0696. The van der Waals surface area contributed by atoms with E-state index in [0.717, 1.165) is 29.8 Å². The molecule has 32 heavy (non-hydrogen) atoms. The predicted octanol–water partition coefficient (Wildman–Crippen LogP) is 5.11. The van der Waals surface area contributed by atoms with E-state index in [9.17, 15) is 9.18 Å². The van der Waals surface area contributed by atoms with Crippen LogP contribution in [-0.4, -0.2) is 33.8 Å². The SMILES string of the molecule is C[C@@H](F)CN(Sc1cccnc1)c1cc2c(cc1OCc1ccc(C(=O)O)cn1)CCC2. The number of ether oxygens (including phenoxy) is 1. The number of carboxylic acid groups (broad SMARTS) is 1. The van der Waals surface area contributed by atoms with Crippen LogP contribution in [0.3, 0.4) is 0 Å². The number of carbonyl (C=O) groups is 1. The zero-order valence-corrected chi connectivity index (χ0v) is 18.5. The largest absolute Gasteiger partial charge is 0.485 e. The lowest BCUT2D eigenvalue weighted by Crippen LogP contribution is -2.23. The first kappa shape index (κ1) is 22.1. The summed E-state index contributed by atoms with van der Waals surface area (Å²) in [4.78, 5) is 20.3. The Labute approximate surface area is 190 Å². The van der Waals surface area contributed by atoms with Gasteiger partial charge in [0.05, 0.1) is 23.5 Å². The molecule has 1 aliphatic rings. The molecular formula is C24H24FN3O3S. The molecule has 0 radical (unpaired) electrons. The van der Waals surface area contributed by atoms with Crippen molar-refractivity contribution in [3.05, 3.63) is 77.4 Å². The van der Waals surface area contributed by atoms with Gasteiger partial charge in [-0.05, 0) is 85.7 Å². The van der Waals surface area contributed by atoms with Crippen molar-refractivity contribution >= 4 is 23.6 Å². The number of aromatic nitrogens is 2. The maximum Gasteiger partial charge on any atom is 0.337 e. The van der Waals surface area contributed by atoms with Crippen LogP contribution < -0.4 is 9.04 Å². The highest BCUT2D eigenvalue weighted by Gasteiger charge is 2.22. The number of aryl methyl sites for hydroxylation is 2. The maximum atomic E-state index is 14.1. The summed E-state index contributed by atoms with van der Waals surface area (Å²) >= 11 is 1.43. The van der Waals surface area contributed by atoms with E-state index < -0.39 is 12.1 Å². The first-order chi connectivity index (χ1) is 15.5. The van der Waals surface area contributed by atoms with Gasteiger partial charge in [-0.25, -0.2) is 9.18 Å². The van der Waals surface area contributed by atoms with E-state index in [4.69, 9.17) is 9.84 Å². The zero-order chi connectivity index (χ0) is 22.5. The molecular weight excluding hydrogens is 429 g/mol. The number of anilines is 1. The van der Waals surface area contributed by atoms with Crippen LogP contribution in [0.4, 0.5) is 10.1 Å². The smallest absolute Gasteiger partial charge is 0.337 e. The van der Waals surface area contributed by atoms with Gasteiger partial charge in [-0.2, -0.15) is 0 Å². The molecule has 1 aliphatic carbocycles. The molecule has 0 saturated carbocycles. The van der Waals surface area contributed by atoms with Gasteiger partial charge in [-0.15, -0.1) is 0 Å². The number of halogens is 1. The molecule has 0 spiro atoms. The van der Waals surface area contributed by atoms with Gasteiger partial charge in [0.1, 0.15) is 18.5 Å². The monoisotopic (exact) mass is 453 g/mol. The third-order valence-corrected chi connectivity index (χ3v) is 6.18. The van der Waals surface area contributed by atoms with E-state index in [-0.39, 0.29) is 18.7 Å². The fourth-order valence-corrected chi connectivity index (χ4v) is 4.65. The fraction of sp³-hybridized carbons (Fsp3) is 0.292. The van der Waals surface area contributed by atoms with Gasteiger partial charge in [0.25, 0.3) is 0 Å². The number of alkyl halides is 1. The molecule has 4 rings (SSSR count). The van der Waals surface area contributed by atoms with Crippen LogP contribution >= 0.6 is 11.9 Å². The normalized spacial score (nSPS) is 13.4. The Hall–Kier alpha value is -3.13. The molecule has 0 amide bonds. The Morgan fingerprint density at radius 3 is 2.72 bits per heavy atom. The van der Waals surface area contributed by atoms with Gasteiger partial charge < -0.3 is 14.1 Å². The van der Waals surface area contributed by atoms with E-state index in [0.29, 0.717) is 11.4 Å². The summed E-state index contributed by atoms with van der Waals surface area (Å²) in [5, 5.41) is 9.05. The standard InChI is InChI=1S/C24H24FN3O3S/c1-16(25)14-28(32-21-6-3-9-26-13-21)22-10-17-4-2-5-18(17)11-23(22)31-15-20-8-7-19(12-27-20)24(29)30/h3,6-13,16H,2,4-5,14-15H2,1H3,(H,29,30)/t16-/m1/s1. The van der Waals surface area contributed by atoms with Gasteiger partial charge in [0.15, 0.2) is 0 Å². The molecule has 1 atom stereocenters. The van der Waals surface area contributed by atoms with Crippen molar-refractivity contribution < 1.29 is 19.0 Å². The topological polar surface area (TPSA) is 75.6 Å². The first-order valence-corrected chi connectivity index (χ1v) is 11.2. The minimum atomic E-state index is -1.04.